The van der Waals surface area contributed by atoms with Crippen molar-refractivity contribution in [1.29, 1.82) is 0 Å². The lowest BCUT2D eigenvalue weighted by Crippen LogP contribution is -2.30. The highest BCUT2D eigenvalue weighted by Gasteiger charge is 2.20. The van der Waals surface area contributed by atoms with Crippen LogP contribution in [0.3, 0.4) is 0 Å². The van der Waals surface area contributed by atoms with Crippen LogP contribution in [0.4, 0.5) is 0 Å². The topological polar surface area (TPSA) is 3.24 Å². The molecule has 0 heterocycles. The Labute approximate surface area is 164 Å². The maximum atomic E-state index is 2.47. The fourth-order valence-corrected chi connectivity index (χ4v) is 3.45. The third-order valence-electron chi connectivity index (χ3n) is 5.28. The fraction of sp³-hybridized carbons (Fsp3) is 0.231. The molecule has 0 aromatic heterocycles. The first kappa shape index (κ1) is 19.1. The first-order valence-corrected chi connectivity index (χ1v) is 9.66. The van der Waals surface area contributed by atoms with Gasteiger partial charge in [-0.15, -0.1) is 0 Å². The van der Waals surface area contributed by atoms with Gasteiger partial charge in [0.2, 0.25) is 0 Å². The summed E-state index contributed by atoms with van der Waals surface area (Å²) in [6.07, 6.45) is 3.41. The van der Waals surface area contributed by atoms with Gasteiger partial charge >= 0.3 is 0 Å². The van der Waals surface area contributed by atoms with Gasteiger partial charge in [0.15, 0.2) is 0 Å². The molecule has 0 bridgehead atoms. The van der Waals surface area contributed by atoms with Crippen molar-refractivity contribution in [2.24, 2.45) is 0 Å². The summed E-state index contributed by atoms with van der Waals surface area (Å²) in [6.45, 7) is 2.30. The van der Waals surface area contributed by atoms with E-state index >= 15 is 0 Å². The summed E-state index contributed by atoms with van der Waals surface area (Å²) < 4.78 is 0. The molecule has 3 rings (SSSR count). The second-order valence-corrected chi connectivity index (χ2v) is 7.36. The van der Waals surface area contributed by atoms with E-state index in [1.54, 1.807) is 0 Å². The predicted octanol–water partition coefficient (Wildman–Crippen LogP) is 6.05. The molecule has 0 radical (unpaired) electrons. The molecule has 0 saturated carbocycles. The summed E-state index contributed by atoms with van der Waals surface area (Å²) in [7, 11) is 4.32. The minimum Gasteiger partial charge on any atom is -0.306 e. The normalized spacial score (nSPS) is 14.1. The molecule has 2 atom stereocenters. The lowest BCUT2D eigenvalue weighted by Gasteiger charge is -2.28. The molecule has 27 heavy (non-hydrogen) atoms. The molecule has 138 valence electrons. The highest BCUT2D eigenvalue weighted by molar-refractivity contribution is 5.68. The number of benzene rings is 3. The zero-order valence-electron chi connectivity index (χ0n) is 16.5. The van der Waals surface area contributed by atoms with Crippen molar-refractivity contribution in [3.8, 4) is 0 Å². The van der Waals surface area contributed by atoms with E-state index in [1.165, 1.54) is 22.3 Å². The van der Waals surface area contributed by atoms with Gasteiger partial charge in [-0.1, -0.05) is 97.1 Å². The Morgan fingerprint density at radius 3 is 1.85 bits per heavy atom. The van der Waals surface area contributed by atoms with Crippen LogP contribution < -0.4 is 0 Å². The molecule has 3 aromatic carbocycles. The quantitative estimate of drug-likeness (QED) is 0.499. The third-order valence-corrected chi connectivity index (χ3v) is 5.28. The molecule has 0 fully saturated rings. The Kier molecular flexibility index (Phi) is 6.62. The van der Waals surface area contributed by atoms with Gasteiger partial charge in [-0.25, -0.2) is 0 Å². The zero-order chi connectivity index (χ0) is 19.1. The molecule has 0 aliphatic carbocycles. The Hall–Kier alpha value is -2.64. The molecule has 0 N–H and O–H groups in total. The van der Waals surface area contributed by atoms with E-state index in [1.807, 2.05) is 0 Å². The third kappa shape index (κ3) is 5.18. The van der Waals surface area contributed by atoms with E-state index in [0.29, 0.717) is 12.0 Å². The van der Waals surface area contributed by atoms with E-state index in [0.717, 1.165) is 6.42 Å². The summed E-state index contributed by atoms with van der Waals surface area (Å²) >= 11 is 0. The van der Waals surface area contributed by atoms with Crippen molar-refractivity contribution in [1.82, 2.24) is 4.90 Å². The summed E-state index contributed by atoms with van der Waals surface area (Å²) in [5.41, 5.74) is 5.38. The molecule has 3 aromatic rings. The number of rotatable bonds is 7. The van der Waals surface area contributed by atoms with Gasteiger partial charge in [-0.2, -0.15) is 0 Å². The zero-order valence-corrected chi connectivity index (χ0v) is 16.5. The summed E-state index contributed by atoms with van der Waals surface area (Å²) in [6, 6.07) is 32.8. The molecule has 0 saturated heterocycles. The molecule has 0 aliphatic heterocycles. The van der Waals surface area contributed by atoms with Gasteiger partial charge in [0, 0.05) is 12.0 Å². The van der Waals surface area contributed by atoms with Crippen molar-refractivity contribution >= 4 is 5.57 Å². The lowest BCUT2D eigenvalue weighted by atomic mass is 9.86. The van der Waals surface area contributed by atoms with Crippen molar-refractivity contribution in [2.75, 3.05) is 14.1 Å². The molecule has 0 spiro atoms. The van der Waals surface area contributed by atoms with Crippen LogP contribution in [0, 0.1) is 0 Å². The van der Waals surface area contributed by atoms with Crippen LogP contribution in [-0.4, -0.2) is 25.0 Å². The highest BCUT2D eigenvalue weighted by atomic mass is 15.1. The molecule has 0 aliphatic rings. The monoisotopic (exact) mass is 355 g/mol. The van der Waals surface area contributed by atoms with Crippen LogP contribution in [0.5, 0.6) is 0 Å². The van der Waals surface area contributed by atoms with E-state index in [-0.39, 0.29) is 0 Å². The largest absolute Gasteiger partial charge is 0.306 e. The number of hydrogen-bond acceptors (Lipinski definition) is 1. The predicted molar refractivity (Wildman–Crippen MR) is 117 cm³/mol. The van der Waals surface area contributed by atoms with Crippen LogP contribution >= 0.6 is 0 Å². The Bertz CT molecular complexity index is 835. The van der Waals surface area contributed by atoms with Crippen LogP contribution in [0.15, 0.2) is 97.1 Å². The second kappa shape index (κ2) is 9.34. The lowest BCUT2D eigenvalue weighted by molar-refractivity contribution is 0.293. The average Bonchev–Trinajstić information content (AvgIpc) is 2.72. The molecule has 0 unspecified atom stereocenters. The summed E-state index contributed by atoms with van der Waals surface area (Å²) in [5, 5.41) is 0. The Morgan fingerprint density at radius 1 is 0.778 bits per heavy atom. The van der Waals surface area contributed by atoms with Gasteiger partial charge in [-0.3, -0.25) is 0 Å². The highest BCUT2D eigenvalue weighted by Crippen LogP contribution is 2.30. The molecular weight excluding hydrogens is 326 g/mol. The smallest absolute Gasteiger partial charge is 0.0177 e. The van der Waals surface area contributed by atoms with Crippen molar-refractivity contribution in [3.63, 3.8) is 0 Å². The molecule has 0 amide bonds. The van der Waals surface area contributed by atoms with Crippen LogP contribution in [0.25, 0.3) is 5.57 Å². The number of hydrogen-bond donors (Lipinski definition) is 0. The SMILES string of the molecule is C[C@@H]([C@@H](/C=C(\Cc1ccccc1)c1ccccc1)c1ccccc1)N(C)C. The fourth-order valence-electron chi connectivity index (χ4n) is 3.45. The standard InChI is InChI=1S/C26H29N/c1-21(27(2)3)26(24-17-11-6-12-18-24)20-25(23-15-9-5-10-16-23)19-22-13-7-4-8-14-22/h4-18,20-21,26H,19H2,1-3H3/b25-20+/t21-,26+/m0/s1. The van der Waals surface area contributed by atoms with Gasteiger partial charge in [0.25, 0.3) is 0 Å². The second-order valence-electron chi connectivity index (χ2n) is 7.36. The number of allylic oxidation sites excluding steroid dienone is 1. The number of nitrogens with zero attached hydrogens (tertiary/aromatic N) is 1. The molecular formula is C26H29N. The Balaban J connectivity index is 2.05. The van der Waals surface area contributed by atoms with Crippen LogP contribution in [-0.2, 0) is 6.42 Å². The van der Waals surface area contributed by atoms with Gasteiger partial charge < -0.3 is 4.90 Å². The first-order chi connectivity index (χ1) is 13.1. The van der Waals surface area contributed by atoms with Crippen molar-refractivity contribution < 1.29 is 0 Å². The minimum atomic E-state index is 0.333. The number of likely N-dealkylation sites (N-methyl/N-ethyl adjacent to an activating group) is 1. The van der Waals surface area contributed by atoms with Crippen molar-refractivity contribution in [3.05, 3.63) is 114 Å². The van der Waals surface area contributed by atoms with E-state index in [9.17, 15) is 0 Å². The van der Waals surface area contributed by atoms with Crippen LogP contribution in [0.2, 0.25) is 0 Å². The maximum absolute atomic E-state index is 2.47. The van der Waals surface area contributed by atoms with Gasteiger partial charge in [0.05, 0.1) is 0 Å². The van der Waals surface area contributed by atoms with E-state index < -0.39 is 0 Å². The van der Waals surface area contributed by atoms with Gasteiger partial charge in [0.1, 0.15) is 0 Å². The Morgan fingerprint density at radius 2 is 1.30 bits per heavy atom. The first-order valence-electron chi connectivity index (χ1n) is 9.66. The summed E-state index contributed by atoms with van der Waals surface area (Å²) in [4.78, 5) is 2.30. The minimum absolute atomic E-state index is 0.333. The molecule has 1 nitrogen and oxygen atoms in total. The van der Waals surface area contributed by atoms with E-state index in [2.05, 4.69) is 123 Å². The van der Waals surface area contributed by atoms with E-state index in [4.69, 9.17) is 0 Å². The van der Waals surface area contributed by atoms with Gasteiger partial charge in [-0.05, 0) is 49.7 Å². The van der Waals surface area contributed by atoms with Crippen molar-refractivity contribution in [2.45, 2.75) is 25.3 Å². The maximum Gasteiger partial charge on any atom is 0.0177 e. The summed E-state index contributed by atoms with van der Waals surface area (Å²) in [5.74, 6) is 0.333. The van der Waals surface area contributed by atoms with Crippen LogP contribution in [0.1, 0.15) is 29.5 Å². The average molecular weight is 356 g/mol. The molecule has 1 heteroatoms.